The van der Waals surface area contributed by atoms with Crippen LogP contribution < -0.4 is 11.1 Å². The van der Waals surface area contributed by atoms with Crippen molar-refractivity contribution >= 4 is 22.9 Å². The van der Waals surface area contributed by atoms with Crippen LogP contribution in [-0.4, -0.2) is 15.5 Å². The van der Waals surface area contributed by atoms with Crippen LogP contribution >= 0.6 is 0 Å². The van der Waals surface area contributed by atoms with E-state index in [0.717, 1.165) is 11.0 Å². The highest BCUT2D eigenvalue weighted by atomic mass is 15.3. The Balaban J connectivity index is 2.37. The van der Waals surface area contributed by atoms with Crippen LogP contribution in [0.25, 0.3) is 11.0 Å². The Morgan fingerprint density at radius 2 is 2.20 bits per heavy atom. The predicted molar refractivity (Wildman–Crippen MR) is 58.9 cm³/mol. The van der Waals surface area contributed by atoms with Crippen molar-refractivity contribution in [3.05, 3.63) is 24.3 Å². The molecular weight excluding hydrogens is 190 g/mol. The molecule has 0 radical (unpaired) electrons. The molecule has 3 rings (SSSR count). The smallest absolute Gasteiger partial charge is 0.235 e. The van der Waals surface area contributed by atoms with Gasteiger partial charge in [0.2, 0.25) is 5.95 Å². The van der Waals surface area contributed by atoms with E-state index in [1.54, 1.807) is 0 Å². The third kappa shape index (κ3) is 1.09. The molecule has 5 nitrogen and oxygen atoms in total. The molecule has 0 spiro atoms. The number of benzene rings is 1. The molecule has 2 aromatic rings. The number of fused-ring (bicyclic) bond motifs is 3. The van der Waals surface area contributed by atoms with Gasteiger partial charge in [-0.1, -0.05) is 12.1 Å². The second kappa shape index (κ2) is 2.73. The Hall–Kier alpha value is -2.04. The standard InChI is InChI=1S/C10H11N5/c1-6-12-9(11)14-10-13-7-4-2-3-5-8(7)15(6)10/h2-6H,1H3,(H3,11,12,13,14). The molecule has 0 amide bonds. The quantitative estimate of drug-likeness (QED) is 0.670. The molecule has 0 saturated carbocycles. The van der Waals surface area contributed by atoms with Gasteiger partial charge in [-0.05, 0) is 19.1 Å². The molecular formula is C10H11N5. The van der Waals surface area contributed by atoms with Gasteiger partial charge >= 0.3 is 0 Å². The van der Waals surface area contributed by atoms with Gasteiger partial charge in [0.1, 0.15) is 6.17 Å². The summed E-state index contributed by atoms with van der Waals surface area (Å²) in [5.74, 6) is 1.09. The Kier molecular flexibility index (Phi) is 1.50. The van der Waals surface area contributed by atoms with Gasteiger partial charge in [-0.3, -0.25) is 4.57 Å². The van der Waals surface area contributed by atoms with Crippen LogP contribution in [0.4, 0.5) is 5.95 Å². The van der Waals surface area contributed by atoms with Crippen molar-refractivity contribution in [2.45, 2.75) is 13.1 Å². The first-order valence-electron chi connectivity index (χ1n) is 4.83. The number of aromatic nitrogens is 2. The van der Waals surface area contributed by atoms with Crippen molar-refractivity contribution < 1.29 is 0 Å². The second-order valence-electron chi connectivity index (χ2n) is 3.59. The molecule has 2 heterocycles. The Labute approximate surface area is 86.6 Å². The molecule has 0 saturated heterocycles. The van der Waals surface area contributed by atoms with E-state index < -0.39 is 0 Å². The number of aliphatic imine (C=N–C) groups is 1. The Morgan fingerprint density at radius 1 is 1.40 bits per heavy atom. The predicted octanol–water partition coefficient (Wildman–Crippen LogP) is 1.10. The topological polar surface area (TPSA) is 68.2 Å². The Bertz CT molecular complexity index is 554. The SMILES string of the molecule is CC1NC(N)=Nc2nc3ccccc3n21. The molecule has 1 aromatic heterocycles. The normalized spacial score (nSPS) is 19.5. The molecule has 1 unspecified atom stereocenters. The molecule has 15 heavy (non-hydrogen) atoms. The summed E-state index contributed by atoms with van der Waals surface area (Å²) >= 11 is 0. The van der Waals surface area contributed by atoms with Crippen LogP contribution in [0.2, 0.25) is 0 Å². The zero-order chi connectivity index (χ0) is 10.4. The van der Waals surface area contributed by atoms with E-state index in [0.29, 0.717) is 11.9 Å². The average molecular weight is 201 g/mol. The minimum atomic E-state index is 0.0879. The van der Waals surface area contributed by atoms with E-state index in [4.69, 9.17) is 5.73 Å². The van der Waals surface area contributed by atoms with E-state index in [1.165, 1.54) is 0 Å². The zero-order valence-electron chi connectivity index (χ0n) is 8.31. The number of hydrogen-bond donors (Lipinski definition) is 2. The highest BCUT2D eigenvalue weighted by Crippen LogP contribution is 2.26. The summed E-state index contributed by atoms with van der Waals surface area (Å²) in [5, 5.41) is 3.06. The van der Waals surface area contributed by atoms with Gasteiger partial charge in [0.15, 0.2) is 5.96 Å². The van der Waals surface area contributed by atoms with Crippen LogP contribution in [0, 0.1) is 0 Å². The van der Waals surface area contributed by atoms with Gasteiger partial charge in [0.05, 0.1) is 11.0 Å². The first-order valence-corrected chi connectivity index (χ1v) is 4.83. The van der Waals surface area contributed by atoms with Crippen molar-refractivity contribution in [2.75, 3.05) is 0 Å². The van der Waals surface area contributed by atoms with Gasteiger partial charge in [-0.2, -0.15) is 4.99 Å². The largest absolute Gasteiger partial charge is 0.370 e. The van der Waals surface area contributed by atoms with Crippen molar-refractivity contribution in [1.29, 1.82) is 0 Å². The fourth-order valence-corrected chi connectivity index (χ4v) is 1.91. The summed E-state index contributed by atoms with van der Waals surface area (Å²) in [6, 6.07) is 7.96. The van der Waals surface area contributed by atoms with Crippen molar-refractivity contribution in [3.8, 4) is 0 Å². The highest BCUT2D eigenvalue weighted by Gasteiger charge is 2.19. The monoisotopic (exact) mass is 201 g/mol. The van der Waals surface area contributed by atoms with Crippen LogP contribution in [0.5, 0.6) is 0 Å². The van der Waals surface area contributed by atoms with Crippen LogP contribution in [0.15, 0.2) is 29.3 Å². The van der Waals surface area contributed by atoms with E-state index in [1.807, 2.05) is 35.8 Å². The highest BCUT2D eigenvalue weighted by molar-refractivity contribution is 5.85. The van der Waals surface area contributed by atoms with Crippen molar-refractivity contribution in [2.24, 2.45) is 10.7 Å². The van der Waals surface area contributed by atoms with Crippen LogP contribution in [-0.2, 0) is 0 Å². The number of guanidine groups is 1. The fourth-order valence-electron chi connectivity index (χ4n) is 1.91. The van der Waals surface area contributed by atoms with Crippen molar-refractivity contribution in [3.63, 3.8) is 0 Å². The van der Waals surface area contributed by atoms with E-state index in [2.05, 4.69) is 15.3 Å². The summed E-state index contributed by atoms with van der Waals surface area (Å²) < 4.78 is 2.03. The number of hydrogen-bond acceptors (Lipinski definition) is 4. The molecule has 1 aliphatic heterocycles. The van der Waals surface area contributed by atoms with Gasteiger partial charge in [-0.25, -0.2) is 4.98 Å². The number of imidazole rings is 1. The summed E-state index contributed by atoms with van der Waals surface area (Å²) in [5.41, 5.74) is 7.66. The minimum absolute atomic E-state index is 0.0879. The lowest BCUT2D eigenvalue weighted by Crippen LogP contribution is -2.38. The van der Waals surface area contributed by atoms with E-state index in [-0.39, 0.29) is 6.17 Å². The van der Waals surface area contributed by atoms with Crippen LogP contribution in [0.1, 0.15) is 13.1 Å². The number of para-hydroxylation sites is 2. The molecule has 76 valence electrons. The molecule has 1 aromatic carbocycles. The fraction of sp³-hybridized carbons (Fsp3) is 0.200. The summed E-state index contributed by atoms with van der Waals surface area (Å²) in [4.78, 5) is 8.58. The maximum atomic E-state index is 5.65. The summed E-state index contributed by atoms with van der Waals surface area (Å²) in [6.45, 7) is 2.03. The van der Waals surface area contributed by atoms with Gasteiger partial charge in [0, 0.05) is 0 Å². The van der Waals surface area contributed by atoms with Gasteiger partial charge in [0.25, 0.3) is 0 Å². The summed E-state index contributed by atoms with van der Waals surface area (Å²) in [6.07, 6.45) is 0.0879. The lowest BCUT2D eigenvalue weighted by molar-refractivity contribution is 0.515. The van der Waals surface area contributed by atoms with E-state index in [9.17, 15) is 0 Å². The average Bonchev–Trinajstić information content (AvgIpc) is 2.54. The second-order valence-corrected chi connectivity index (χ2v) is 3.59. The molecule has 3 N–H and O–H groups in total. The minimum Gasteiger partial charge on any atom is -0.370 e. The number of nitrogens with one attached hydrogen (secondary N) is 1. The number of rotatable bonds is 0. The maximum absolute atomic E-state index is 5.65. The molecule has 1 atom stereocenters. The number of nitrogens with two attached hydrogens (primary N) is 1. The van der Waals surface area contributed by atoms with Crippen molar-refractivity contribution in [1.82, 2.24) is 14.9 Å². The third-order valence-electron chi connectivity index (χ3n) is 2.54. The molecule has 1 aliphatic rings. The van der Waals surface area contributed by atoms with Gasteiger partial charge < -0.3 is 11.1 Å². The molecule has 0 aliphatic carbocycles. The lowest BCUT2D eigenvalue weighted by atomic mass is 10.3. The van der Waals surface area contributed by atoms with E-state index >= 15 is 0 Å². The lowest BCUT2D eigenvalue weighted by Gasteiger charge is -2.21. The van der Waals surface area contributed by atoms with Gasteiger partial charge in [-0.15, -0.1) is 0 Å². The first kappa shape index (κ1) is 8.28. The van der Waals surface area contributed by atoms with Crippen LogP contribution in [0.3, 0.4) is 0 Å². The summed E-state index contributed by atoms with van der Waals surface area (Å²) in [7, 11) is 0. The Morgan fingerprint density at radius 3 is 3.07 bits per heavy atom. The maximum Gasteiger partial charge on any atom is 0.235 e. The zero-order valence-corrected chi connectivity index (χ0v) is 8.31. The third-order valence-corrected chi connectivity index (χ3v) is 2.54. The molecule has 5 heteroatoms. The first-order chi connectivity index (χ1) is 7.25. The number of nitrogens with zero attached hydrogens (tertiary/aromatic N) is 3. The molecule has 0 fully saturated rings. The molecule has 0 bridgehead atoms.